The van der Waals surface area contributed by atoms with E-state index in [0.717, 1.165) is 23.2 Å². The zero-order valence-corrected chi connectivity index (χ0v) is 14.4. The van der Waals surface area contributed by atoms with Gasteiger partial charge in [-0.15, -0.1) is 0 Å². The molecule has 1 aromatic carbocycles. The molecule has 0 saturated carbocycles. The van der Waals surface area contributed by atoms with Crippen LogP contribution in [0.4, 0.5) is 5.69 Å². The number of halogens is 1. The highest BCUT2D eigenvalue weighted by atomic mass is 79.9. The van der Waals surface area contributed by atoms with Gasteiger partial charge >= 0.3 is 0 Å². The normalized spacial score (nSPS) is 11.5. The van der Waals surface area contributed by atoms with Crippen LogP contribution >= 0.6 is 28.1 Å². The second-order valence-corrected chi connectivity index (χ2v) is 7.04. The van der Waals surface area contributed by atoms with E-state index in [2.05, 4.69) is 59.4 Å². The molecule has 3 nitrogen and oxygen atoms in total. The Bertz CT molecular complexity index is 432. The maximum atomic E-state index is 5.31. The monoisotopic (exact) mass is 343 g/mol. The molecular weight excluding hydrogens is 322 g/mol. The van der Waals surface area contributed by atoms with Crippen LogP contribution in [0, 0.1) is 5.41 Å². The summed E-state index contributed by atoms with van der Waals surface area (Å²) in [5.74, 6) is 0. The molecule has 0 heterocycles. The number of benzene rings is 1. The first-order valence-electron chi connectivity index (χ1n) is 6.24. The van der Waals surface area contributed by atoms with E-state index < -0.39 is 0 Å². The fourth-order valence-electron chi connectivity index (χ4n) is 1.97. The molecule has 0 aliphatic carbocycles. The van der Waals surface area contributed by atoms with Gasteiger partial charge in [0.25, 0.3) is 0 Å². The van der Waals surface area contributed by atoms with Crippen molar-refractivity contribution in [1.82, 2.24) is 10.2 Å². The maximum Gasteiger partial charge on any atom is 0.170 e. The third-order valence-electron chi connectivity index (χ3n) is 2.55. The average Bonchev–Trinajstić information content (AvgIpc) is 2.25. The van der Waals surface area contributed by atoms with Gasteiger partial charge in [-0.3, -0.25) is 0 Å². The molecule has 1 rings (SSSR count). The van der Waals surface area contributed by atoms with Crippen LogP contribution in [0.1, 0.15) is 13.8 Å². The van der Waals surface area contributed by atoms with Crippen LogP contribution in [0.25, 0.3) is 0 Å². The fraction of sp³-hybridized carbons (Fsp3) is 0.500. The molecule has 0 fully saturated rings. The van der Waals surface area contributed by atoms with Crippen molar-refractivity contribution in [3.63, 3.8) is 0 Å². The Kier molecular flexibility index (Phi) is 6.23. The van der Waals surface area contributed by atoms with Crippen molar-refractivity contribution in [3.05, 3.63) is 28.7 Å². The summed E-state index contributed by atoms with van der Waals surface area (Å²) in [6.45, 7) is 6.30. The molecule has 0 aliphatic heterocycles. The van der Waals surface area contributed by atoms with E-state index in [0.29, 0.717) is 5.11 Å². The van der Waals surface area contributed by atoms with Gasteiger partial charge in [0.15, 0.2) is 5.11 Å². The van der Waals surface area contributed by atoms with Gasteiger partial charge in [-0.05, 0) is 49.9 Å². The number of anilines is 1. The third kappa shape index (κ3) is 6.89. The minimum absolute atomic E-state index is 0.173. The van der Waals surface area contributed by atoms with E-state index in [-0.39, 0.29) is 5.41 Å². The highest BCUT2D eigenvalue weighted by Gasteiger charge is 2.18. The van der Waals surface area contributed by atoms with Crippen LogP contribution in [-0.4, -0.2) is 37.2 Å². The van der Waals surface area contributed by atoms with Crippen LogP contribution in [0.2, 0.25) is 0 Å². The van der Waals surface area contributed by atoms with Crippen molar-refractivity contribution in [1.29, 1.82) is 0 Å². The summed E-state index contributed by atoms with van der Waals surface area (Å²) in [5, 5.41) is 7.12. The van der Waals surface area contributed by atoms with Crippen LogP contribution in [0.15, 0.2) is 28.7 Å². The van der Waals surface area contributed by atoms with Gasteiger partial charge in [-0.1, -0.05) is 35.8 Å². The molecule has 2 N–H and O–H groups in total. The van der Waals surface area contributed by atoms with E-state index in [1.807, 2.05) is 24.3 Å². The third-order valence-corrected chi connectivity index (χ3v) is 3.29. The zero-order chi connectivity index (χ0) is 14.5. The zero-order valence-electron chi connectivity index (χ0n) is 12.0. The Morgan fingerprint density at radius 2 is 2.05 bits per heavy atom. The molecule has 0 radical (unpaired) electrons. The van der Waals surface area contributed by atoms with E-state index in [4.69, 9.17) is 12.2 Å². The summed E-state index contributed by atoms with van der Waals surface area (Å²) in [6, 6.07) is 7.95. The second kappa shape index (κ2) is 7.22. The van der Waals surface area contributed by atoms with Gasteiger partial charge in [0.05, 0.1) is 0 Å². The van der Waals surface area contributed by atoms with Crippen molar-refractivity contribution in [2.75, 3.05) is 32.5 Å². The average molecular weight is 344 g/mol. The first-order valence-corrected chi connectivity index (χ1v) is 7.44. The molecule has 0 saturated heterocycles. The van der Waals surface area contributed by atoms with Gasteiger partial charge in [0, 0.05) is 23.2 Å². The Balaban J connectivity index is 2.44. The van der Waals surface area contributed by atoms with Crippen LogP contribution in [0.5, 0.6) is 0 Å². The Morgan fingerprint density at radius 3 is 2.63 bits per heavy atom. The molecular formula is C14H22BrN3S. The Hall–Kier alpha value is -0.650. The molecule has 106 valence electrons. The maximum absolute atomic E-state index is 5.31. The summed E-state index contributed by atoms with van der Waals surface area (Å²) in [5.41, 5.74) is 1.16. The van der Waals surface area contributed by atoms with Crippen molar-refractivity contribution in [3.8, 4) is 0 Å². The Morgan fingerprint density at radius 1 is 1.37 bits per heavy atom. The minimum Gasteiger partial charge on any atom is -0.362 e. The lowest BCUT2D eigenvalue weighted by Crippen LogP contribution is -2.41. The number of nitrogens with one attached hydrogen (secondary N) is 2. The second-order valence-electron chi connectivity index (χ2n) is 5.72. The summed E-state index contributed by atoms with van der Waals surface area (Å²) in [6.07, 6.45) is 0. The lowest BCUT2D eigenvalue weighted by atomic mass is 9.93. The van der Waals surface area contributed by atoms with Crippen molar-refractivity contribution in [2.45, 2.75) is 13.8 Å². The van der Waals surface area contributed by atoms with Gasteiger partial charge in [-0.25, -0.2) is 0 Å². The van der Waals surface area contributed by atoms with E-state index in [1.165, 1.54) is 0 Å². The van der Waals surface area contributed by atoms with Gasteiger partial charge < -0.3 is 15.5 Å². The molecule has 0 bridgehead atoms. The van der Waals surface area contributed by atoms with Gasteiger partial charge in [0.1, 0.15) is 0 Å². The topological polar surface area (TPSA) is 27.3 Å². The predicted molar refractivity (Wildman–Crippen MR) is 90.7 cm³/mol. The fourth-order valence-corrected chi connectivity index (χ4v) is 2.56. The number of thiocarbonyl (C=S) groups is 1. The highest BCUT2D eigenvalue weighted by Crippen LogP contribution is 2.16. The van der Waals surface area contributed by atoms with Crippen LogP contribution < -0.4 is 10.6 Å². The van der Waals surface area contributed by atoms with Crippen LogP contribution in [-0.2, 0) is 0 Å². The van der Waals surface area contributed by atoms with Crippen molar-refractivity contribution in [2.24, 2.45) is 5.41 Å². The molecule has 1 aromatic rings. The summed E-state index contributed by atoms with van der Waals surface area (Å²) in [4.78, 5) is 2.19. The molecule has 0 spiro atoms. The standard InChI is InChI=1S/C14H22BrN3S/c1-14(2,10-18(3)4)9-16-13(19)17-12-7-5-6-11(15)8-12/h5-8H,9-10H2,1-4H3,(H2,16,17,19). The van der Waals surface area contributed by atoms with E-state index in [9.17, 15) is 0 Å². The predicted octanol–water partition coefficient (Wildman–Crippen LogP) is 3.32. The van der Waals surface area contributed by atoms with Crippen molar-refractivity contribution >= 4 is 38.9 Å². The van der Waals surface area contributed by atoms with Gasteiger partial charge in [-0.2, -0.15) is 0 Å². The Labute approximate surface area is 129 Å². The van der Waals surface area contributed by atoms with E-state index in [1.54, 1.807) is 0 Å². The lowest BCUT2D eigenvalue weighted by Gasteiger charge is -2.29. The molecule has 5 heteroatoms. The quantitative estimate of drug-likeness (QED) is 0.802. The first kappa shape index (κ1) is 16.4. The summed E-state index contributed by atoms with van der Waals surface area (Å²) in [7, 11) is 4.17. The van der Waals surface area contributed by atoms with Gasteiger partial charge in [0.2, 0.25) is 0 Å². The van der Waals surface area contributed by atoms with Crippen LogP contribution in [0.3, 0.4) is 0 Å². The number of hydrogen-bond donors (Lipinski definition) is 2. The lowest BCUT2D eigenvalue weighted by molar-refractivity contribution is 0.242. The molecule has 19 heavy (non-hydrogen) atoms. The molecule has 0 amide bonds. The number of nitrogens with zero attached hydrogens (tertiary/aromatic N) is 1. The molecule has 0 aliphatic rings. The largest absolute Gasteiger partial charge is 0.362 e. The smallest absolute Gasteiger partial charge is 0.170 e. The SMILES string of the molecule is CN(C)CC(C)(C)CNC(=S)Nc1cccc(Br)c1. The molecule has 0 aromatic heterocycles. The minimum atomic E-state index is 0.173. The molecule has 0 atom stereocenters. The number of rotatable bonds is 5. The molecule has 0 unspecified atom stereocenters. The number of hydrogen-bond acceptors (Lipinski definition) is 2. The van der Waals surface area contributed by atoms with Crippen molar-refractivity contribution < 1.29 is 0 Å². The summed E-state index contributed by atoms with van der Waals surface area (Å²) < 4.78 is 1.04. The van der Waals surface area contributed by atoms with E-state index >= 15 is 0 Å². The first-order chi connectivity index (χ1) is 8.78. The summed E-state index contributed by atoms with van der Waals surface area (Å²) >= 11 is 8.75. The highest BCUT2D eigenvalue weighted by molar-refractivity contribution is 9.10.